The third-order valence-corrected chi connectivity index (χ3v) is 6.69. The molecule has 3 aromatic carbocycles. The van der Waals surface area contributed by atoms with Crippen molar-refractivity contribution in [1.29, 1.82) is 0 Å². The molecule has 0 aliphatic carbocycles. The Morgan fingerprint density at radius 2 is 1.44 bits per heavy atom. The highest BCUT2D eigenvalue weighted by Gasteiger charge is 2.15. The fourth-order valence-corrected chi connectivity index (χ4v) is 3.48. The maximum atomic E-state index is 12.8. The zero-order valence-corrected chi connectivity index (χ0v) is 28.0. The maximum Gasteiger partial charge on any atom is 0.305 e. The van der Waals surface area contributed by atoms with Crippen LogP contribution in [0.3, 0.4) is 0 Å². The summed E-state index contributed by atoms with van der Waals surface area (Å²) in [6.07, 6.45) is 2.56. The zero-order chi connectivity index (χ0) is 33.1. The Kier molecular flexibility index (Phi) is 20.5. The molecule has 1 fully saturated rings. The minimum Gasteiger partial charge on any atom is -0.490 e. The van der Waals surface area contributed by atoms with Crippen molar-refractivity contribution in [2.75, 3.05) is 46.2 Å². The van der Waals surface area contributed by atoms with Gasteiger partial charge in [-0.2, -0.15) is 4.39 Å². The number of benzene rings is 3. The van der Waals surface area contributed by atoms with Crippen LogP contribution in [0.1, 0.15) is 43.4 Å². The molecule has 4 rings (SSSR count). The summed E-state index contributed by atoms with van der Waals surface area (Å²) >= 11 is 17.1. The van der Waals surface area contributed by atoms with Crippen LogP contribution in [0, 0.1) is 42.5 Å². The van der Waals surface area contributed by atoms with Gasteiger partial charge in [-0.3, -0.25) is 10.1 Å². The van der Waals surface area contributed by atoms with Crippen LogP contribution in [-0.2, 0) is 4.74 Å². The van der Waals surface area contributed by atoms with E-state index < -0.39 is 16.4 Å². The van der Waals surface area contributed by atoms with Gasteiger partial charge < -0.3 is 20.1 Å². The van der Waals surface area contributed by atoms with Crippen LogP contribution in [0.4, 0.5) is 20.2 Å². The number of aryl methyl sites for hydroxylation is 3. The average Bonchev–Trinajstić information content (AvgIpc) is 3.54. The first-order valence-corrected chi connectivity index (χ1v) is 14.8. The molecule has 1 saturated heterocycles. The molecule has 1 aliphatic heterocycles. The van der Waals surface area contributed by atoms with E-state index in [-0.39, 0.29) is 10.8 Å². The van der Waals surface area contributed by atoms with Crippen LogP contribution in [0.15, 0.2) is 42.5 Å². The highest BCUT2D eigenvalue weighted by atomic mass is 35.5. The van der Waals surface area contributed by atoms with Gasteiger partial charge in [-0.15, -0.1) is 0 Å². The molecule has 1 heterocycles. The van der Waals surface area contributed by atoms with Crippen molar-refractivity contribution in [3.63, 3.8) is 0 Å². The molecular weight excluding hydrogens is 623 g/mol. The van der Waals surface area contributed by atoms with Gasteiger partial charge in [-0.1, -0.05) is 54.7 Å². The third-order valence-electron chi connectivity index (χ3n) is 5.47. The molecule has 43 heavy (non-hydrogen) atoms. The minimum atomic E-state index is -0.907. The van der Waals surface area contributed by atoms with Crippen LogP contribution in [0.25, 0.3) is 0 Å². The predicted octanol–water partition coefficient (Wildman–Crippen LogP) is 9.48. The largest absolute Gasteiger partial charge is 0.490 e. The lowest BCUT2D eigenvalue weighted by Gasteiger charge is -2.13. The van der Waals surface area contributed by atoms with Crippen molar-refractivity contribution >= 4 is 46.2 Å². The Balaban J connectivity index is 0.000000564. The number of ether oxygens (including phenoxy) is 2. The van der Waals surface area contributed by atoms with Gasteiger partial charge in [0.2, 0.25) is 5.82 Å². The van der Waals surface area contributed by atoms with E-state index in [1.165, 1.54) is 25.0 Å². The Hall–Kier alpha value is -2.69. The van der Waals surface area contributed by atoms with Crippen LogP contribution < -0.4 is 10.5 Å². The second kappa shape index (κ2) is 21.9. The monoisotopic (exact) mass is 663 g/mol. The number of likely N-dealkylation sites (N-methyl/N-ethyl adjacent to an activating group) is 1. The summed E-state index contributed by atoms with van der Waals surface area (Å²) < 4.78 is 35.5. The van der Waals surface area contributed by atoms with Gasteiger partial charge in [-0.25, -0.2) is 4.39 Å². The van der Waals surface area contributed by atoms with Gasteiger partial charge in [0.05, 0.1) is 10.6 Å². The number of nitrogens with zero attached hydrogens (tertiary/aromatic N) is 2. The quantitative estimate of drug-likeness (QED) is 0.166. The molecule has 0 aromatic heterocycles. The summed E-state index contributed by atoms with van der Waals surface area (Å²) in [5.74, 6) is -0.534. The molecule has 0 radical (unpaired) electrons. The summed E-state index contributed by atoms with van der Waals surface area (Å²) in [5.41, 5.74) is 8.26. The van der Waals surface area contributed by atoms with Crippen molar-refractivity contribution in [3.05, 3.63) is 96.0 Å². The van der Waals surface area contributed by atoms with E-state index in [0.717, 1.165) is 43.0 Å². The standard InChI is InChI=1S/C11H17ClN2O.C7H5ClFNO2.C7H6ClF.C4H8O.C2H6/c1-8-6-10(13)11(7-9(8)12)15-5-4-14(2)3;1-4-2-7(10(11)12)6(9)3-5(4)8;1-5-2-3-6(9)4-7(5)8;1-2-4-5-3-1;1-2/h6-7H,4-5,13H2,1-3H3;2-3H,1H3;2-4H,1H3;1-4H2;1-2H3. The lowest BCUT2D eigenvalue weighted by Crippen LogP contribution is -2.19. The smallest absolute Gasteiger partial charge is 0.305 e. The number of hydrogen-bond donors (Lipinski definition) is 1. The van der Waals surface area contributed by atoms with Crippen LogP contribution in [-0.4, -0.2) is 50.3 Å². The van der Waals surface area contributed by atoms with Crippen molar-refractivity contribution in [2.24, 2.45) is 0 Å². The SMILES string of the molecule is C1CCOC1.CC.Cc1cc(N)c(OCCN(C)C)cc1Cl.Cc1cc([N+](=O)[O-])c(F)cc1Cl.Cc1ccc(F)cc1Cl. The molecular formula is C31H42Cl3F2N3O4. The number of rotatable bonds is 5. The number of halogens is 5. The first kappa shape index (κ1) is 40.3. The van der Waals surface area contributed by atoms with Gasteiger partial charge >= 0.3 is 5.69 Å². The second-order valence-corrected chi connectivity index (χ2v) is 10.5. The summed E-state index contributed by atoms with van der Waals surface area (Å²) in [7, 11) is 3.99. The van der Waals surface area contributed by atoms with Crippen molar-refractivity contribution < 1.29 is 23.2 Å². The number of nitro groups is 1. The fourth-order valence-electron chi connectivity index (χ4n) is 3.01. The molecule has 0 spiro atoms. The zero-order valence-electron chi connectivity index (χ0n) is 25.8. The van der Waals surface area contributed by atoms with Crippen LogP contribution in [0.5, 0.6) is 5.75 Å². The molecule has 0 bridgehead atoms. The molecule has 12 heteroatoms. The third kappa shape index (κ3) is 16.7. The normalized spacial score (nSPS) is 11.5. The Labute approximate surface area is 269 Å². The Morgan fingerprint density at radius 3 is 1.91 bits per heavy atom. The number of hydrogen-bond acceptors (Lipinski definition) is 6. The summed E-state index contributed by atoms with van der Waals surface area (Å²) in [6.45, 7) is 12.8. The minimum absolute atomic E-state index is 0.193. The van der Waals surface area contributed by atoms with Crippen LogP contribution in [0.2, 0.25) is 15.1 Å². The summed E-state index contributed by atoms with van der Waals surface area (Å²) in [5, 5.41) is 11.6. The molecule has 3 aromatic rings. The number of anilines is 1. The van der Waals surface area contributed by atoms with Gasteiger partial charge in [0.25, 0.3) is 0 Å². The van der Waals surface area contributed by atoms with Gasteiger partial charge in [0, 0.05) is 47.0 Å². The molecule has 1 aliphatic rings. The topological polar surface area (TPSA) is 90.9 Å². The molecule has 0 unspecified atom stereocenters. The predicted molar refractivity (Wildman–Crippen MR) is 175 cm³/mol. The number of nitrogens with two attached hydrogens (primary N) is 1. The van der Waals surface area contributed by atoms with Crippen LogP contribution >= 0.6 is 34.8 Å². The van der Waals surface area contributed by atoms with E-state index in [1.807, 2.05) is 52.8 Å². The summed E-state index contributed by atoms with van der Waals surface area (Å²) in [4.78, 5) is 11.5. The van der Waals surface area contributed by atoms with E-state index in [4.69, 9.17) is 50.0 Å². The van der Waals surface area contributed by atoms with Crippen molar-refractivity contribution in [2.45, 2.75) is 47.5 Å². The molecule has 0 saturated carbocycles. The molecule has 0 atom stereocenters. The lowest BCUT2D eigenvalue weighted by molar-refractivity contribution is -0.387. The highest BCUT2D eigenvalue weighted by Crippen LogP contribution is 2.28. The Bertz CT molecular complexity index is 1270. The maximum absolute atomic E-state index is 12.8. The molecule has 2 N–H and O–H groups in total. The van der Waals surface area contributed by atoms with E-state index in [1.54, 1.807) is 19.1 Å². The Morgan fingerprint density at radius 1 is 0.907 bits per heavy atom. The van der Waals surface area contributed by atoms with E-state index >= 15 is 0 Å². The van der Waals surface area contributed by atoms with E-state index in [9.17, 15) is 18.9 Å². The first-order valence-electron chi connectivity index (χ1n) is 13.7. The van der Waals surface area contributed by atoms with Gasteiger partial charge in [0.1, 0.15) is 18.2 Å². The van der Waals surface area contributed by atoms with Crippen molar-refractivity contribution in [3.8, 4) is 5.75 Å². The lowest BCUT2D eigenvalue weighted by atomic mass is 10.2. The highest BCUT2D eigenvalue weighted by molar-refractivity contribution is 6.32. The van der Waals surface area contributed by atoms with E-state index in [0.29, 0.717) is 33.7 Å². The number of nitrogen functional groups attached to an aromatic ring is 1. The van der Waals surface area contributed by atoms with E-state index in [2.05, 4.69) is 0 Å². The van der Waals surface area contributed by atoms with Gasteiger partial charge in [0.15, 0.2) is 0 Å². The second-order valence-electron chi connectivity index (χ2n) is 9.31. The van der Waals surface area contributed by atoms with Crippen molar-refractivity contribution in [1.82, 2.24) is 4.90 Å². The molecule has 0 amide bonds. The van der Waals surface area contributed by atoms with Gasteiger partial charge in [-0.05, 0) is 88.7 Å². The average molecular weight is 665 g/mol. The molecule has 240 valence electrons. The number of nitro benzene ring substituents is 1. The molecule has 7 nitrogen and oxygen atoms in total. The summed E-state index contributed by atoms with van der Waals surface area (Å²) in [6, 6.07) is 9.98. The fraction of sp³-hybridized carbons (Fsp3) is 0.419. The first-order chi connectivity index (χ1) is 20.2.